The van der Waals surface area contributed by atoms with Gasteiger partial charge in [0.1, 0.15) is 11.8 Å². The molecule has 8 nitrogen and oxygen atoms in total. The van der Waals surface area contributed by atoms with E-state index >= 15 is 0 Å². The second-order valence-electron chi connectivity index (χ2n) is 4.50. The number of nitrogens with one attached hydrogen (secondary N) is 2. The van der Waals surface area contributed by atoms with E-state index < -0.39 is 22.0 Å². The molecule has 2 amide bonds. The number of hydrogen-bond acceptors (Lipinski definition) is 5. The number of benzene rings is 1. The number of hydrogen-bond donors (Lipinski definition) is 3. The molecule has 1 rings (SSSR count). The minimum absolute atomic E-state index is 0.0230. The van der Waals surface area contributed by atoms with Crippen LogP contribution in [0.15, 0.2) is 23.1 Å². The number of carbonyl (C=O) groups is 2. The van der Waals surface area contributed by atoms with Crippen LogP contribution in [0.25, 0.3) is 0 Å². The van der Waals surface area contributed by atoms with E-state index in [9.17, 15) is 18.0 Å². The number of likely N-dealkylation sites (N-methyl/N-ethyl adjacent to an activating group) is 1. The summed E-state index contributed by atoms with van der Waals surface area (Å²) in [5.74, 6) is -0.813. The molecule has 22 heavy (non-hydrogen) atoms. The standard InChI is InChI=1S/C13H19N3O5S/c1-4-15-12(17)8(2)16-13(18)10-7-9(22(14,19)20)5-6-11(10)21-3/h5-8H,4H2,1-3H3,(H,15,17)(H,16,18)(H2,14,19,20)/t8-/m1/s1. The Kier molecular flexibility index (Phi) is 5.89. The molecule has 0 unspecified atom stereocenters. The predicted molar refractivity (Wildman–Crippen MR) is 80.0 cm³/mol. The minimum Gasteiger partial charge on any atom is -0.496 e. The lowest BCUT2D eigenvalue weighted by atomic mass is 10.1. The first-order chi connectivity index (χ1) is 10.2. The lowest BCUT2D eigenvalue weighted by molar-refractivity contribution is -0.122. The monoisotopic (exact) mass is 329 g/mol. The third-order valence-electron chi connectivity index (χ3n) is 2.84. The van der Waals surface area contributed by atoms with Crippen LogP contribution in [-0.2, 0) is 14.8 Å². The average Bonchev–Trinajstić information content (AvgIpc) is 2.45. The molecule has 0 aliphatic rings. The highest BCUT2D eigenvalue weighted by Gasteiger charge is 2.21. The molecule has 0 aromatic heterocycles. The van der Waals surface area contributed by atoms with Gasteiger partial charge in [0.15, 0.2) is 0 Å². The van der Waals surface area contributed by atoms with Crippen LogP contribution in [-0.4, -0.2) is 39.9 Å². The number of nitrogens with two attached hydrogens (primary N) is 1. The van der Waals surface area contributed by atoms with Gasteiger partial charge >= 0.3 is 0 Å². The summed E-state index contributed by atoms with van der Waals surface area (Å²) >= 11 is 0. The molecule has 1 aromatic rings. The summed E-state index contributed by atoms with van der Waals surface area (Å²) in [7, 11) is -2.61. The van der Waals surface area contributed by atoms with E-state index in [1.54, 1.807) is 6.92 Å². The highest BCUT2D eigenvalue weighted by atomic mass is 32.2. The second kappa shape index (κ2) is 7.23. The van der Waals surface area contributed by atoms with E-state index in [0.717, 1.165) is 6.07 Å². The molecule has 4 N–H and O–H groups in total. The minimum atomic E-state index is -3.95. The van der Waals surface area contributed by atoms with Crippen LogP contribution in [0.2, 0.25) is 0 Å². The molecule has 122 valence electrons. The van der Waals surface area contributed by atoms with Crippen LogP contribution in [0.4, 0.5) is 0 Å². The topological polar surface area (TPSA) is 128 Å². The summed E-state index contributed by atoms with van der Waals surface area (Å²) in [5.41, 5.74) is -0.0230. The van der Waals surface area contributed by atoms with Gasteiger partial charge in [-0.3, -0.25) is 9.59 Å². The molecule has 0 aliphatic heterocycles. The predicted octanol–water partition coefficient (Wildman–Crippen LogP) is -0.403. The number of rotatable bonds is 6. The van der Waals surface area contributed by atoms with Gasteiger partial charge in [-0.25, -0.2) is 13.6 Å². The summed E-state index contributed by atoms with van der Waals surface area (Å²) < 4.78 is 27.8. The van der Waals surface area contributed by atoms with E-state index in [-0.39, 0.29) is 22.1 Å². The van der Waals surface area contributed by atoms with Crippen molar-refractivity contribution in [3.8, 4) is 5.75 Å². The highest BCUT2D eigenvalue weighted by molar-refractivity contribution is 7.89. The van der Waals surface area contributed by atoms with Gasteiger partial charge in [0.2, 0.25) is 15.9 Å². The molecule has 0 bridgehead atoms. The number of ether oxygens (including phenoxy) is 1. The Morgan fingerprint density at radius 2 is 2.00 bits per heavy atom. The largest absolute Gasteiger partial charge is 0.496 e. The Bertz CT molecular complexity index is 672. The summed E-state index contributed by atoms with van der Waals surface area (Å²) in [6, 6.07) is 2.88. The van der Waals surface area contributed by atoms with Crippen molar-refractivity contribution in [3.05, 3.63) is 23.8 Å². The van der Waals surface area contributed by atoms with Crippen molar-refractivity contribution in [3.63, 3.8) is 0 Å². The van der Waals surface area contributed by atoms with Crippen molar-refractivity contribution in [1.82, 2.24) is 10.6 Å². The van der Waals surface area contributed by atoms with Crippen molar-refractivity contribution in [2.45, 2.75) is 24.8 Å². The number of amides is 2. The Morgan fingerprint density at radius 3 is 2.50 bits per heavy atom. The second-order valence-corrected chi connectivity index (χ2v) is 6.06. The first-order valence-electron chi connectivity index (χ1n) is 6.50. The molecule has 0 saturated heterocycles. The van der Waals surface area contributed by atoms with Crippen LogP contribution in [0, 0.1) is 0 Å². The number of carbonyl (C=O) groups excluding carboxylic acids is 2. The molecule has 1 aromatic carbocycles. The smallest absolute Gasteiger partial charge is 0.255 e. The van der Waals surface area contributed by atoms with Gasteiger partial charge in [-0.1, -0.05) is 0 Å². The van der Waals surface area contributed by atoms with Crippen molar-refractivity contribution in [2.24, 2.45) is 5.14 Å². The zero-order valence-electron chi connectivity index (χ0n) is 12.5. The van der Waals surface area contributed by atoms with E-state index in [2.05, 4.69) is 10.6 Å². The lowest BCUT2D eigenvalue weighted by Gasteiger charge is -2.15. The molecular weight excluding hydrogens is 310 g/mol. The molecular formula is C13H19N3O5S. The Balaban J connectivity index is 3.08. The summed E-state index contributed by atoms with van der Waals surface area (Å²) in [6.45, 7) is 3.70. The van der Waals surface area contributed by atoms with Crippen molar-refractivity contribution < 1.29 is 22.7 Å². The van der Waals surface area contributed by atoms with Crippen molar-refractivity contribution in [1.29, 1.82) is 0 Å². The highest BCUT2D eigenvalue weighted by Crippen LogP contribution is 2.21. The molecule has 9 heteroatoms. The Hall–Kier alpha value is -2.13. The lowest BCUT2D eigenvalue weighted by Crippen LogP contribution is -2.44. The van der Waals surface area contributed by atoms with Gasteiger partial charge in [-0.05, 0) is 32.0 Å². The third kappa shape index (κ3) is 4.43. The van der Waals surface area contributed by atoms with E-state index in [1.807, 2.05) is 0 Å². The average molecular weight is 329 g/mol. The van der Waals surface area contributed by atoms with Gasteiger partial charge in [0.05, 0.1) is 17.6 Å². The van der Waals surface area contributed by atoms with Gasteiger partial charge < -0.3 is 15.4 Å². The van der Waals surface area contributed by atoms with E-state index in [0.29, 0.717) is 6.54 Å². The zero-order chi connectivity index (χ0) is 16.9. The van der Waals surface area contributed by atoms with E-state index in [4.69, 9.17) is 9.88 Å². The fraction of sp³-hybridized carbons (Fsp3) is 0.385. The first-order valence-corrected chi connectivity index (χ1v) is 8.04. The van der Waals surface area contributed by atoms with Crippen molar-refractivity contribution in [2.75, 3.05) is 13.7 Å². The molecule has 0 saturated carbocycles. The third-order valence-corrected chi connectivity index (χ3v) is 3.75. The van der Waals surface area contributed by atoms with Gasteiger partial charge in [-0.2, -0.15) is 0 Å². The maximum Gasteiger partial charge on any atom is 0.255 e. The van der Waals surface area contributed by atoms with E-state index in [1.165, 1.54) is 26.2 Å². The fourth-order valence-corrected chi connectivity index (χ4v) is 2.25. The maximum atomic E-state index is 12.2. The summed E-state index contributed by atoms with van der Waals surface area (Å²) in [5, 5.41) is 10.1. The number of sulfonamides is 1. The normalized spacial score (nSPS) is 12.4. The number of primary sulfonamides is 1. The van der Waals surface area contributed by atoms with Gasteiger partial charge in [0, 0.05) is 6.54 Å². The first kappa shape index (κ1) is 17.9. The zero-order valence-corrected chi connectivity index (χ0v) is 13.4. The SMILES string of the molecule is CCNC(=O)[C@@H](C)NC(=O)c1cc(S(N)(=O)=O)ccc1OC. The van der Waals surface area contributed by atoms with Crippen LogP contribution in [0.1, 0.15) is 24.2 Å². The molecule has 0 radical (unpaired) electrons. The molecule has 0 aliphatic carbocycles. The molecule has 0 spiro atoms. The summed E-state index contributed by atoms with van der Waals surface area (Å²) in [4.78, 5) is 23.6. The summed E-state index contributed by atoms with van der Waals surface area (Å²) in [6.07, 6.45) is 0. The van der Waals surface area contributed by atoms with Crippen LogP contribution in [0.3, 0.4) is 0 Å². The van der Waals surface area contributed by atoms with Crippen molar-refractivity contribution >= 4 is 21.8 Å². The maximum absolute atomic E-state index is 12.2. The molecule has 0 heterocycles. The number of methoxy groups -OCH3 is 1. The van der Waals surface area contributed by atoms with Crippen LogP contribution in [0.5, 0.6) is 5.75 Å². The molecule has 0 fully saturated rings. The Morgan fingerprint density at radius 1 is 1.36 bits per heavy atom. The van der Waals surface area contributed by atoms with Gasteiger partial charge in [0.25, 0.3) is 5.91 Å². The van der Waals surface area contributed by atoms with Crippen LogP contribution < -0.4 is 20.5 Å². The van der Waals surface area contributed by atoms with Gasteiger partial charge in [-0.15, -0.1) is 0 Å². The fourth-order valence-electron chi connectivity index (χ4n) is 1.71. The quantitative estimate of drug-likeness (QED) is 0.654. The Labute approximate surface area is 129 Å². The molecule has 1 atom stereocenters. The van der Waals surface area contributed by atoms with Crippen LogP contribution >= 0.6 is 0 Å².